The maximum Gasteiger partial charge on any atom is 0.323 e. The van der Waals surface area contributed by atoms with E-state index in [0.29, 0.717) is 6.54 Å². The maximum absolute atomic E-state index is 12.3. The van der Waals surface area contributed by atoms with E-state index in [4.69, 9.17) is 10.5 Å². The zero-order valence-electron chi connectivity index (χ0n) is 14.7. The Labute approximate surface area is 131 Å². The molecule has 4 nitrogen and oxygen atoms in total. The average molecular weight is 300 g/mol. The molecule has 21 heavy (non-hydrogen) atoms. The van der Waals surface area contributed by atoms with Gasteiger partial charge in [-0.3, -0.25) is 4.79 Å². The number of unbranched alkanes of at least 4 members (excludes halogenated alkanes) is 5. The Hall–Kier alpha value is -0.610. The highest BCUT2D eigenvalue weighted by molar-refractivity contribution is 5.76. The molecule has 0 saturated carbocycles. The topological polar surface area (TPSA) is 64.3 Å². The summed E-state index contributed by atoms with van der Waals surface area (Å²) in [5, 5.41) is 3.29. The molecule has 0 aromatic heterocycles. The monoisotopic (exact) mass is 300 g/mol. The minimum absolute atomic E-state index is 0.127. The summed E-state index contributed by atoms with van der Waals surface area (Å²) in [4.78, 5) is 12.3. The summed E-state index contributed by atoms with van der Waals surface area (Å²) in [6.45, 7) is 10.4. The molecule has 0 amide bonds. The third kappa shape index (κ3) is 11.7. The van der Waals surface area contributed by atoms with Crippen molar-refractivity contribution in [3.63, 3.8) is 0 Å². The normalized spacial score (nSPS) is 14.8. The second kappa shape index (κ2) is 11.0. The van der Waals surface area contributed by atoms with Crippen LogP contribution in [0.1, 0.15) is 79.6 Å². The Morgan fingerprint density at radius 2 is 1.71 bits per heavy atom. The minimum Gasteiger partial charge on any atom is -0.459 e. The molecule has 2 unspecified atom stereocenters. The average Bonchev–Trinajstić information content (AvgIpc) is 2.39. The first kappa shape index (κ1) is 20.4. The van der Waals surface area contributed by atoms with Gasteiger partial charge in [-0.2, -0.15) is 0 Å². The number of hydrogen-bond acceptors (Lipinski definition) is 4. The van der Waals surface area contributed by atoms with Gasteiger partial charge in [0.15, 0.2) is 0 Å². The lowest BCUT2D eigenvalue weighted by molar-refractivity contribution is -0.157. The lowest BCUT2D eigenvalue weighted by Crippen LogP contribution is -2.47. The SMILES string of the molecule is CCCCCCCCC(NC(C)CN)C(=O)OC(C)(C)C. The molecule has 2 atom stereocenters. The van der Waals surface area contributed by atoms with Crippen LogP contribution in [0.4, 0.5) is 0 Å². The van der Waals surface area contributed by atoms with E-state index in [2.05, 4.69) is 12.2 Å². The lowest BCUT2D eigenvalue weighted by Gasteiger charge is -2.26. The Bertz CT molecular complexity index is 274. The van der Waals surface area contributed by atoms with Gasteiger partial charge in [-0.05, 0) is 34.1 Å². The highest BCUT2D eigenvalue weighted by Crippen LogP contribution is 2.13. The van der Waals surface area contributed by atoms with Crippen LogP contribution in [0, 0.1) is 0 Å². The van der Waals surface area contributed by atoms with Crippen molar-refractivity contribution in [1.82, 2.24) is 5.32 Å². The number of nitrogens with two attached hydrogens (primary N) is 1. The summed E-state index contributed by atoms with van der Waals surface area (Å²) in [6.07, 6.45) is 8.16. The van der Waals surface area contributed by atoms with Crippen molar-refractivity contribution in [2.75, 3.05) is 6.54 Å². The largest absolute Gasteiger partial charge is 0.459 e. The van der Waals surface area contributed by atoms with Gasteiger partial charge >= 0.3 is 5.97 Å². The standard InChI is InChI=1S/C17H36N2O2/c1-6-7-8-9-10-11-12-15(19-14(2)13-18)16(20)21-17(3,4)5/h14-15,19H,6-13,18H2,1-5H3. The van der Waals surface area contributed by atoms with Crippen LogP contribution in [0.5, 0.6) is 0 Å². The first-order valence-corrected chi connectivity index (χ1v) is 8.49. The molecule has 0 aromatic carbocycles. The summed E-state index contributed by atoms with van der Waals surface area (Å²) >= 11 is 0. The first-order chi connectivity index (χ1) is 9.80. The molecule has 0 fully saturated rings. The van der Waals surface area contributed by atoms with Crippen LogP contribution in [-0.4, -0.2) is 30.2 Å². The second-order valence-corrected chi connectivity index (χ2v) is 6.95. The second-order valence-electron chi connectivity index (χ2n) is 6.95. The molecule has 0 bridgehead atoms. The molecule has 0 heterocycles. The molecule has 0 rings (SSSR count). The van der Waals surface area contributed by atoms with Crippen molar-refractivity contribution in [3.05, 3.63) is 0 Å². The van der Waals surface area contributed by atoms with Gasteiger partial charge in [0.2, 0.25) is 0 Å². The predicted molar refractivity (Wildman–Crippen MR) is 89.3 cm³/mol. The van der Waals surface area contributed by atoms with Crippen LogP contribution in [0.3, 0.4) is 0 Å². The zero-order chi connectivity index (χ0) is 16.3. The summed E-state index contributed by atoms with van der Waals surface area (Å²) < 4.78 is 5.50. The van der Waals surface area contributed by atoms with E-state index >= 15 is 0 Å². The molecule has 0 radical (unpaired) electrons. The molecule has 0 aromatic rings. The number of rotatable bonds is 11. The van der Waals surface area contributed by atoms with Gasteiger partial charge in [-0.25, -0.2) is 0 Å². The fraction of sp³-hybridized carbons (Fsp3) is 0.941. The van der Waals surface area contributed by atoms with Gasteiger partial charge in [0.25, 0.3) is 0 Å². The van der Waals surface area contributed by atoms with E-state index in [1.165, 1.54) is 32.1 Å². The molecular formula is C17H36N2O2. The predicted octanol–water partition coefficient (Wildman–Crippen LogP) is 3.38. The van der Waals surface area contributed by atoms with Crippen LogP contribution in [-0.2, 0) is 9.53 Å². The van der Waals surface area contributed by atoms with E-state index in [1.807, 2.05) is 27.7 Å². The third-order valence-electron chi connectivity index (χ3n) is 3.38. The van der Waals surface area contributed by atoms with Crippen LogP contribution >= 0.6 is 0 Å². The van der Waals surface area contributed by atoms with Crippen LogP contribution in [0.2, 0.25) is 0 Å². The molecule has 0 saturated heterocycles. The zero-order valence-corrected chi connectivity index (χ0v) is 14.7. The molecule has 3 N–H and O–H groups in total. The van der Waals surface area contributed by atoms with Crippen LogP contribution in [0.15, 0.2) is 0 Å². The quantitative estimate of drug-likeness (QED) is 0.453. The van der Waals surface area contributed by atoms with Gasteiger partial charge in [-0.15, -0.1) is 0 Å². The maximum atomic E-state index is 12.3. The van der Waals surface area contributed by atoms with Gasteiger partial charge in [0.05, 0.1) is 0 Å². The number of ether oxygens (including phenoxy) is 1. The van der Waals surface area contributed by atoms with Crippen molar-refractivity contribution in [2.24, 2.45) is 5.73 Å². The lowest BCUT2D eigenvalue weighted by atomic mass is 10.0. The van der Waals surface area contributed by atoms with Gasteiger partial charge in [-0.1, -0.05) is 45.4 Å². The summed E-state index contributed by atoms with van der Waals surface area (Å²) in [5.74, 6) is -0.156. The Morgan fingerprint density at radius 3 is 2.24 bits per heavy atom. The molecule has 0 aliphatic carbocycles. The minimum atomic E-state index is -0.440. The highest BCUT2D eigenvalue weighted by atomic mass is 16.6. The molecular weight excluding hydrogens is 264 g/mol. The number of carbonyl (C=O) groups is 1. The van der Waals surface area contributed by atoms with Gasteiger partial charge < -0.3 is 15.8 Å². The van der Waals surface area contributed by atoms with E-state index in [0.717, 1.165) is 12.8 Å². The molecule has 126 valence electrons. The van der Waals surface area contributed by atoms with E-state index in [9.17, 15) is 4.79 Å². The highest BCUT2D eigenvalue weighted by Gasteiger charge is 2.25. The molecule has 0 aliphatic rings. The molecule has 0 aliphatic heterocycles. The van der Waals surface area contributed by atoms with Crippen molar-refractivity contribution < 1.29 is 9.53 Å². The van der Waals surface area contributed by atoms with Crippen molar-refractivity contribution in [2.45, 2.75) is 97.2 Å². The number of hydrogen-bond donors (Lipinski definition) is 2. The summed E-state index contributed by atoms with van der Waals surface area (Å²) in [7, 11) is 0. The van der Waals surface area contributed by atoms with E-state index in [-0.39, 0.29) is 18.1 Å². The smallest absolute Gasteiger partial charge is 0.323 e. The Kier molecular flexibility index (Phi) is 10.7. The number of esters is 1. The Morgan fingerprint density at radius 1 is 1.14 bits per heavy atom. The number of nitrogens with one attached hydrogen (secondary N) is 1. The molecule has 0 spiro atoms. The van der Waals surface area contributed by atoms with Crippen molar-refractivity contribution in [3.8, 4) is 0 Å². The van der Waals surface area contributed by atoms with Crippen LogP contribution in [0.25, 0.3) is 0 Å². The van der Waals surface area contributed by atoms with E-state index in [1.54, 1.807) is 0 Å². The van der Waals surface area contributed by atoms with Crippen molar-refractivity contribution >= 4 is 5.97 Å². The molecule has 4 heteroatoms. The van der Waals surface area contributed by atoms with Crippen LogP contribution < -0.4 is 11.1 Å². The van der Waals surface area contributed by atoms with Gasteiger partial charge in [0, 0.05) is 12.6 Å². The summed E-state index contributed by atoms with van der Waals surface area (Å²) in [5.41, 5.74) is 5.20. The van der Waals surface area contributed by atoms with Crippen molar-refractivity contribution in [1.29, 1.82) is 0 Å². The first-order valence-electron chi connectivity index (χ1n) is 8.49. The number of carbonyl (C=O) groups excluding carboxylic acids is 1. The summed E-state index contributed by atoms with van der Waals surface area (Å²) in [6, 6.07) is -0.114. The van der Waals surface area contributed by atoms with E-state index < -0.39 is 5.60 Å². The van der Waals surface area contributed by atoms with Gasteiger partial charge in [0.1, 0.15) is 11.6 Å². The Balaban J connectivity index is 4.23. The fourth-order valence-electron chi connectivity index (χ4n) is 2.18. The third-order valence-corrected chi connectivity index (χ3v) is 3.38. The fourth-order valence-corrected chi connectivity index (χ4v) is 2.18.